The molecule has 0 saturated carbocycles. The van der Waals surface area contributed by atoms with Gasteiger partial charge in [-0.15, -0.1) is 0 Å². The third-order valence-corrected chi connectivity index (χ3v) is 2.10. The number of hydrogen-bond donors (Lipinski definition) is 2. The first-order chi connectivity index (χ1) is 5.76. The molecule has 1 aliphatic heterocycles. The van der Waals surface area contributed by atoms with Crippen LogP contribution < -0.4 is 5.73 Å². The van der Waals surface area contributed by atoms with Gasteiger partial charge in [0.1, 0.15) is 0 Å². The quantitative estimate of drug-likeness (QED) is 0.275. The van der Waals surface area contributed by atoms with Crippen LogP contribution >= 0.6 is 0 Å². The number of nitrogens with two attached hydrogens (primary N) is 1. The molecule has 1 fully saturated rings. The highest BCUT2D eigenvalue weighted by molar-refractivity contribution is 5.81. The lowest BCUT2D eigenvalue weighted by Gasteiger charge is -2.13. The summed E-state index contributed by atoms with van der Waals surface area (Å²) in [6.45, 7) is 1.72. The van der Waals surface area contributed by atoms with Crippen molar-refractivity contribution in [2.75, 3.05) is 26.3 Å². The second-order valence-corrected chi connectivity index (χ2v) is 3.14. The van der Waals surface area contributed by atoms with Gasteiger partial charge in [-0.3, -0.25) is 9.29 Å². The number of rotatable bonds is 3. The van der Waals surface area contributed by atoms with Gasteiger partial charge in [0.05, 0.1) is 13.2 Å². The number of amidine groups is 1. The van der Waals surface area contributed by atoms with Gasteiger partial charge in [-0.25, -0.2) is 0 Å². The van der Waals surface area contributed by atoms with E-state index in [0.29, 0.717) is 13.1 Å². The van der Waals surface area contributed by atoms with E-state index in [1.165, 1.54) is 0 Å². The van der Waals surface area contributed by atoms with E-state index in [1.807, 2.05) is 4.90 Å². The van der Waals surface area contributed by atoms with Crippen molar-refractivity contribution in [2.45, 2.75) is 6.42 Å². The summed E-state index contributed by atoms with van der Waals surface area (Å²) in [5, 5.41) is 11.1. The van der Waals surface area contributed by atoms with Crippen LogP contribution in [0.25, 0.3) is 0 Å². The Morgan fingerprint density at radius 1 is 1.75 bits per heavy atom. The van der Waals surface area contributed by atoms with Gasteiger partial charge in [0.25, 0.3) is 0 Å². The van der Waals surface area contributed by atoms with Crippen molar-refractivity contribution < 1.29 is 9.60 Å². The van der Waals surface area contributed by atoms with Crippen LogP contribution in [0.1, 0.15) is 6.42 Å². The molecule has 0 spiro atoms. The molecular weight excluding hydrogens is 161 g/mol. The van der Waals surface area contributed by atoms with Crippen molar-refractivity contribution in [3.63, 3.8) is 0 Å². The smallest absolute Gasteiger partial charge is 0.153 e. The molecule has 1 heterocycles. The van der Waals surface area contributed by atoms with Crippen LogP contribution in [0.2, 0.25) is 0 Å². The molecule has 0 bridgehead atoms. The lowest BCUT2D eigenvalue weighted by Crippen LogP contribution is -2.32. The molecule has 1 unspecified atom stereocenters. The van der Waals surface area contributed by atoms with E-state index in [9.17, 15) is 4.39 Å². The molecule has 0 aliphatic carbocycles. The molecule has 1 saturated heterocycles. The zero-order valence-corrected chi connectivity index (χ0v) is 6.91. The molecule has 12 heavy (non-hydrogen) atoms. The maximum Gasteiger partial charge on any atom is 0.153 e. The average molecular weight is 175 g/mol. The fourth-order valence-corrected chi connectivity index (χ4v) is 1.44. The predicted octanol–water partition coefficient (Wildman–Crippen LogP) is 0.0242. The second kappa shape index (κ2) is 4.25. The van der Waals surface area contributed by atoms with Gasteiger partial charge in [0.15, 0.2) is 5.84 Å². The Morgan fingerprint density at radius 2 is 2.50 bits per heavy atom. The molecule has 0 aromatic carbocycles. The van der Waals surface area contributed by atoms with Crippen molar-refractivity contribution in [3.8, 4) is 0 Å². The summed E-state index contributed by atoms with van der Waals surface area (Å²) in [6.07, 6.45) is 0.870. The Hall–Kier alpha value is -0.840. The summed E-state index contributed by atoms with van der Waals surface area (Å²) in [6, 6.07) is 0. The van der Waals surface area contributed by atoms with Gasteiger partial charge < -0.3 is 10.9 Å². The first-order valence-electron chi connectivity index (χ1n) is 4.01. The minimum Gasteiger partial charge on any atom is -0.409 e. The average Bonchev–Trinajstić information content (AvgIpc) is 2.52. The van der Waals surface area contributed by atoms with Crippen LogP contribution in [0.4, 0.5) is 4.39 Å². The summed E-state index contributed by atoms with van der Waals surface area (Å²) in [5.41, 5.74) is 5.30. The van der Waals surface area contributed by atoms with Crippen molar-refractivity contribution in [3.05, 3.63) is 0 Å². The highest BCUT2D eigenvalue weighted by atomic mass is 19.1. The molecule has 0 amide bonds. The fraction of sp³-hybridized carbons (Fsp3) is 0.857. The Bertz CT molecular complexity index is 174. The van der Waals surface area contributed by atoms with Crippen LogP contribution in [0.15, 0.2) is 5.16 Å². The zero-order chi connectivity index (χ0) is 8.97. The zero-order valence-electron chi connectivity index (χ0n) is 6.91. The molecule has 1 rings (SSSR count). The maximum atomic E-state index is 12.2. The number of hydrogen-bond acceptors (Lipinski definition) is 3. The number of nitrogens with zero attached hydrogens (tertiary/aromatic N) is 2. The molecule has 4 nitrogen and oxygen atoms in total. The predicted molar refractivity (Wildman–Crippen MR) is 43.9 cm³/mol. The van der Waals surface area contributed by atoms with Crippen molar-refractivity contribution in [2.24, 2.45) is 16.8 Å². The van der Waals surface area contributed by atoms with Crippen LogP contribution in [0.5, 0.6) is 0 Å². The summed E-state index contributed by atoms with van der Waals surface area (Å²) in [5.74, 6) is 0.325. The summed E-state index contributed by atoms with van der Waals surface area (Å²) >= 11 is 0. The van der Waals surface area contributed by atoms with Gasteiger partial charge in [0, 0.05) is 12.5 Å². The molecule has 0 radical (unpaired) electrons. The summed E-state index contributed by atoms with van der Waals surface area (Å²) < 4.78 is 12.2. The molecule has 5 heteroatoms. The Labute approximate surface area is 70.8 Å². The van der Waals surface area contributed by atoms with E-state index < -0.39 is 0 Å². The summed E-state index contributed by atoms with van der Waals surface area (Å²) in [4.78, 5) is 1.99. The molecule has 1 aliphatic rings. The van der Waals surface area contributed by atoms with Gasteiger partial charge in [-0.05, 0) is 13.0 Å². The standard InChI is InChI=1S/C7H14FN3O/c8-3-6-1-2-11(4-6)5-7(9)10-12/h6,12H,1-5H2,(H2,9,10). The first-order valence-corrected chi connectivity index (χ1v) is 4.01. The van der Waals surface area contributed by atoms with Crippen LogP contribution in [0, 0.1) is 5.92 Å². The molecule has 3 N–H and O–H groups in total. The molecule has 70 valence electrons. The van der Waals surface area contributed by atoms with Crippen molar-refractivity contribution >= 4 is 5.84 Å². The van der Waals surface area contributed by atoms with Gasteiger partial charge in [-0.1, -0.05) is 5.16 Å². The molecule has 0 aromatic rings. The van der Waals surface area contributed by atoms with E-state index in [-0.39, 0.29) is 18.4 Å². The largest absolute Gasteiger partial charge is 0.409 e. The third-order valence-electron chi connectivity index (χ3n) is 2.10. The maximum absolute atomic E-state index is 12.2. The lowest BCUT2D eigenvalue weighted by molar-refractivity contribution is 0.303. The number of halogens is 1. The number of likely N-dealkylation sites (tertiary alicyclic amines) is 1. The fourth-order valence-electron chi connectivity index (χ4n) is 1.44. The van der Waals surface area contributed by atoms with Crippen LogP contribution in [0.3, 0.4) is 0 Å². The van der Waals surface area contributed by atoms with E-state index in [0.717, 1.165) is 13.0 Å². The van der Waals surface area contributed by atoms with E-state index in [4.69, 9.17) is 10.9 Å². The van der Waals surface area contributed by atoms with Gasteiger partial charge in [-0.2, -0.15) is 0 Å². The van der Waals surface area contributed by atoms with E-state index in [2.05, 4.69) is 5.16 Å². The Kier molecular flexibility index (Phi) is 3.28. The van der Waals surface area contributed by atoms with Gasteiger partial charge >= 0.3 is 0 Å². The Balaban J connectivity index is 2.28. The van der Waals surface area contributed by atoms with E-state index in [1.54, 1.807) is 0 Å². The lowest BCUT2D eigenvalue weighted by atomic mass is 10.1. The minimum absolute atomic E-state index is 0.136. The normalized spacial score (nSPS) is 26.4. The molecular formula is C7H14FN3O. The van der Waals surface area contributed by atoms with Crippen LogP contribution in [-0.4, -0.2) is 42.3 Å². The highest BCUT2D eigenvalue weighted by Gasteiger charge is 2.22. The number of oxime groups is 1. The topological polar surface area (TPSA) is 61.8 Å². The number of alkyl halides is 1. The second-order valence-electron chi connectivity index (χ2n) is 3.14. The molecule has 1 atom stereocenters. The minimum atomic E-state index is -0.271. The van der Waals surface area contributed by atoms with Crippen molar-refractivity contribution in [1.29, 1.82) is 0 Å². The Morgan fingerprint density at radius 3 is 3.00 bits per heavy atom. The first kappa shape index (κ1) is 9.25. The monoisotopic (exact) mass is 175 g/mol. The SMILES string of the molecule is N/C(CN1CCC(CF)C1)=N\O. The van der Waals surface area contributed by atoms with Crippen LogP contribution in [-0.2, 0) is 0 Å². The molecule has 0 aromatic heterocycles. The van der Waals surface area contributed by atoms with Crippen molar-refractivity contribution in [1.82, 2.24) is 4.90 Å². The van der Waals surface area contributed by atoms with Gasteiger partial charge in [0.2, 0.25) is 0 Å². The van der Waals surface area contributed by atoms with E-state index >= 15 is 0 Å². The summed E-state index contributed by atoms with van der Waals surface area (Å²) in [7, 11) is 0. The highest BCUT2D eigenvalue weighted by Crippen LogP contribution is 2.15. The third kappa shape index (κ3) is 2.34.